The maximum Gasteiger partial charge on any atom is 0.273 e. The third-order valence-electron chi connectivity index (χ3n) is 6.89. The van der Waals surface area contributed by atoms with Crippen molar-refractivity contribution in [3.63, 3.8) is 0 Å². The summed E-state index contributed by atoms with van der Waals surface area (Å²) >= 11 is 0. The minimum absolute atomic E-state index is 0.00406. The van der Waals surface area contributed by atoms with Crippen LogP contribution in [-0.4, -0.2) is 26.7 Å². The van der Waals surface area contributed by atoms with Gasteiger partial charge in [0.15, 0.2) is 0 Å². The Balaban J connectivity index is 1.64. The summed E-state index contributed by atoms with van der Waals surface area (Å²) in [5.41, 5.74) is 0.155. The number of rotatable bonds is 2. The van der Waals surface area contributed by atoms with Gasteiger partial charge in [0.25, 0.3) is 5.91 Å². The zero-order chi connectivity index (χ0) is 17.2. The minimum atomic E-state index is -1.19. The molecule has 0 saturated heterocycles. The lowest BCUT2D eigenvalue weighted by atomic mass is 9.67. The van der Waals surface area contributed by atoms with Crippen molar-refractivity contribution in [2.45, 2.75) is 45.8 Å². The van der Waals surface area contributed by atoms with Crippen LogP contribution in [0.1, 0.15) is 50.5 Å². The van der Waals surface area contributed by atoms with Crippen molar-refractivity contribution in [3.05, 3.63) is 36.2 Å². The van der Waals surface area contributed by atoms with E-state index in [4.69, 9.17) is 0 Å². The molecule has 0 unspecified atom stereocenters. The summed E-state index contributed by atoms with van der Waals surface area (Å²) in [5, 5.41) is 14.1. The van der Waals surface area contributed by atoms with Crippen LogP contribution in [0.15, 0.2) is 30.5 Å². The zero-order valence-corrected chi connectivity index (χ0v) is 14.3. The van der Waals surface area contributed by atoms with Crippen LogP contribution in [0, 0.1) is 16.7 Å². The summed E-state index contributed by atoms with van der Waals surface area (Å²) < 4.78 is 0. The second kappa shape index (κ2) is 4.76. The number of hydrogen-bond acceptors (Lipinski definition) is 4. The van der Waals surface area contributed by atoms with E-state index in [1.54, 1.807) is 0 Å². The van der Waals surface area contributed by atoms with Gasteiger partial charge in [-0.15, -0.1) is 0 Å². The highest BCUT2D eigenvalue weighted by Gasteiger charge is 2.69. The second-order valence-electron chi connectivity index (χ2n) is 8.05. The van der Waals surface area contributed by atoms with Crippen molar-refractivity contribution in [1.82, 2.24) is 15.3 Å². The normalized spacial score (nSPS) is 33.8. The Hall–Kier alpha value is -2.01. The molecule has 3 atom stereocenters. The van der Waals surface area contributed by atoms with Crippen LogP contribution in [0.3, 0.4) is 0 Å². The largest absolute Gasteiger partial charge is 0.370 e. The molecule has 2 fully saturated rings. The highest BCUT2D eigenvalue weighted by Crippen LogP contribution is 2.68. The Morgan fingerprint density at radius 2 is 1.96 bits per heavy atom. The molecule has 0 spiro atoms. The van der Waals surface area contributed by atoms with E-state index in [-0.39, 0.29) is 22.4 Å². The molecule has 24 heavy (non-hydrogen) atoms. The van der Waals surface area contributed by atoms with Crippen LogP contribution in [-0.2, 0) is 0 Å². The number of benzene rings is 1. The minimum Gasteiger partial charge on any atom is -0.370 e. The van der Waals surface area contributed by atoms with E-state index in [1.165, 1.54) is 6.20 Å². The fourth-order valence-electron chi connectivity index (χ4n) is 4.78. The summed E-state index contributed by atoms with van der Waals surface area (Å²) in [7, 11) is 0. The van der Waals surface area contributed by atoms with Gasteiger partial charge in [-0.25, -0.2) is 4.98 Å². The Labute approximate surface area is 141 Å². The summed E-state index contributed by atoms with van der Waals surface area (Å²) in [6.07, 6.45) is 4.10. The predicted octanol–water partition coefficient (Wildman–Crippen LogP) is 2.89. The zero-order valence-electron chi connectivity index (χ0n) is 14.3. The number of carbonyl (C=O) groups excluding carboxylic acids is 1. The lowest BCUT2D eigenvalue weighted by Crippen LogP contribution is -2.59. The van der Waals surface area contributed by atoms with Crippen molar-refractivity contribution < 1.29 is 9.90 Å². The molecule has 4 rings (SSSR count). The smallest absolute Gasteiger partial charge is 0.273 e. The SMILES string of the molecule is CC1(C)[C@H]2CC[C@@]1(C)[C@](O)(NC(=O)c1cnc3ccccc3n1)C2. The standard InChI is InChI=1S/C19H23N3O2/c1-17(2)12-8-9-18(17,3)19(24,10-12)22-16(23)15-11-20-13-6-4-5-7-14(13)21-15/h4-7,11-12,24H,8-10H2,1-3H3,(H,22,23)/t12-,18+,19-/m0/s1. The monoisotopic (exact) mass is 325 g/mol. The maximum absolute atomic E-state index is 12.7. The van der Waals surface area contributed by atoms with E-state index in [2.05, 4.69) is 36.1 Å². The highest BCUT2D eigenvalue weighted by molar-refractivity contribution is 5.94. The first-order valence-corrected chi connectivity index (χ1v) is 8.54. The van der Waals surface area contributed by atoms with Crippen molar-refractivity contribution >= 4 is 16.9 Å². The molecular formula is C19H23N3O2. The predicted molar refractivity (Wildman–Crippen MR) is 91.2 cm³/mol. The van der Waals surface area contributed by atoms with Crippen molar-refractivity contribution in [2.75, 3.05) is 0 Å². The Morgan fingerprint density at radius 3 is 2.58 bits per heavy atom. The number of carbonyl (C=O) groups is 1. The summed E-state index contributed by atoms with van der Waals surface area (Å²) in [4.78, 5) is 21.4. The van der Waals surface area contributed by atoms with Crippen LogP contribution in [0.2, 0.25) is 0 Å². The number of aromatic nitrogens is 2. The molecule has 1 heterocycles. The quantitative estimate of drug-likeness (QED) is 0.833. The van der Waals surface area contributed by atoms with E-state index in [0.717, 1.165) is 18.4 Å². The summed E-state index contributed by atoms with van der Waals surface area (Å²) in [6, 6.07) is 7.44. The number of nitrogens with one attached hydrogen (secondary N) is 1. The molecule has 126 valence electrons. The maximum atomic E-state index is 12.7. The van der Waals surface area contributed by atoms with E-state index < -0.39 is 5.72 Å². The summed E-state index contributed by atoms with van der Waals surface area (Å²) in [6.45, 7) is 6.49. The van der Waals surface area contributed by atoms with Crippen LogP contribution in [0.4, 0.5) is 0 Å². The molecule has 2 aliphatic rings. The highest BCUT2D eigenvalue weighted by atomic mass is 16.3. The first-order valence-electron chi connectivity index (χ1n) is 8.54. The van der Waals surface area contributed by atoms with E-state index in [9.17, 15) is 9.90 Å². The Kier molecular flexibility index (Phi) is 3.08. The molecular weight excluding hydrogens is 302 g/mol. The molecule has 2 aliphatic carbocycles. The van der Waals surface area contributed by atoms with Gasteiger partial charge in [-0.05, 0) is 42.7 Å². The van der Waals surface area contributed by atoms with Crippen LogP contribution in [0.25, 0.3) is 11.0 Å². The van der Waals surface area contributed by atoms with Gasteiger partial charge in [0.05, 0.1) is 17.2 Å². The molecule has 5 heteroatoms. The van der Waals surface area contributed by atoms with Gasteiger partial charge < -0.3 is 10.4 Å². The fraction of sp³-hybridized carbons (Fsp3) is 0.526. The lowest BCUT2D eigenvalue weighted by Gasteiger charge is -2.45. The molecule has 2 bridgehead atoms. The third-order valence-corrected chi connectivity index (χ3v) is 6.89. The van der Waals surface area contributed by atoms with Crippen molar-refractivity contribution in [1.29, 1.82) is 0 Å². The van der Waals surface area contributed by atoms with Crippen molar-refractivity contribution in [2.24, 2.45) is 16.7 Å². The topological polar surface area (TPSA) is 75.1 Å². The van der Waals surface area contributed by atoms with E-state index >= 15 is 0 Å². The molecule has 0 radical (unpaired) electrons. The number of nitrogens with zero attached hydrogens (tertiary/aromatic N) is 2. The number of para-hydroxylation sites is 2. The van der Waals surface area contributed by atoms with Gasteiger partial charge in [-0.3, -0.25) is 9.78 Å². The first kappa shape index (κ1) is 15.5. The number of fused-ring (bicyclic) bond motifs is 3. The van der Waals surface area contributed by atoms with Gasteiger partial charge in [0.2, 0.25) is 0 Å². The van der Waals surface area contributed by atoms with Gasteiger partial charge in [-0.1, -0.05) is 32.9 Å². The first-order chi connectivity index (χ1) is 11.3. The molecule has 2 saturated carbocycles. The lowest BCUT2D eigenvalue weighted by molar-refractivity contribution is -0.106. The van der Waals surface area contributed by atoms with Gasteiger partial charge in [0.1, 0.15) is 11.4 Å². The Bertz CT molecular complexity index is 834. The van der Waals surface area contributed by atoms with Gasteiger partial charge in [-0.2, -0.15) is 0 Å². The number of amides is 1. The van der Waals surface area contributed by atoms with Gasteiger partial charge in [0, 0.05) is 5.41 Å². The average molecular weight is 325 g/mol. The molecule has 2 aromatic rings. The molecule has 5 nitrogen and oxygen atoms in total. The molecule has 2 N–H and O–H groups in total. The summed E-state index contributed by atoms with van der Waals surface area (Å²) in [5.74, 6) is 0.0656. The molecule has 1 aromatic carbocycles. The van der Waals surface area contributed by atoms with Gasteiger partial charge >= 0.3 is 0 Å². The number of aliphatic hydroxyl groups is 1. The van der Waals surface area contributed by atoms with E-state index in [0.29, 0.717) is 17.9 Å². The fourth-order valence-corrected chi connectivity index (χ4v) is 4.78. The van der Waals surface area contributed by atoms with Crippen LogP contribution < -0.4 is 5.32 Å². The molecule has 1 aromatic heterocycles. The van der Waals surface area contributed by atoms with Crippen LogP contribution in [0.5, 0.6) is 0 Å². The molecule has 1 amide bonds. The average Bonchev–Trinajstić information content (AvgIpc) is 2.86. The van der Waals surface area contributed by atoms with E-state index in [1.807, 2.05) is 24.3 Å². The van der Waals surface area contributed by atoms with Crippen molar-refractivity contribution in [3.8, 4) is 0 Å². The third kappa shape index (κ3) is 1.88. The molecule has 0 aliphatic heterocycles. The Morgan fingerprint density at radius 1 is 1.25 bits per heavy atom. The number of hydrogen-bond donors (Lipinski definition) is 2. The second-order valence-corrected chi connectivity index (χ2v) is 8.05. The van der Waals surface area contributed by atoms with Crippen LogP contribution >= 0.6 is 0 Å².